The zero-order valence-corrected chi connectivity index (χ0v) is 13.9. The molecule has 0 saturated carbocycles. The maximum Gasteiger partial charge on any atom is 0.338 e. The van der Waals surface area contributed by atoms with Gasteiger partial charge in [-0.2, -0.15) is 5.10 Å². The van der Waals surface area contributed by atoms with Crippen LogP contribution in [-0.2, 0) is 9.53 Å². The molecule has 0 aliphatic carbocycles. The Hall–Kier alpha value is -3.16. The van der Waals surface area contributed by atoms with Gasteiger partial charge in [-0.05, 0) is 36.8 Å². The lowest BCUT2D eigenvalue weighted by Crippen LogP contribution is -2.41. The summed E-state index contributed by atoms with van der Waals surface area (Å²) in [5.74, 6) is -1.33. The third-order valence-corrected chi connectivity index (χ3v) is 3.28. The van der Waals surface area contributed by atoms with Gasteiger partial charge in [0.25, 0.3) is 5.91 Å². The number of esters is 1. The van der Waals surface area contributed by atoms with Crippen LogP contribution in [0.2, 0.25) is 0 Å². The van der Waals surface area contributed by atoms with Gasteiger partial charge in [-0.1, -0.05) is 13.3 Å². The van der Waals surface area contributed by atoms with Crippen molar-refractivity contribution in [3.63, 3.8) is 0 Å². The van der Waals surface area contributed by atoms with Gasteiger partial charge in [0.1, 0.15) is 0 Å². The van der Waals surface area contributed by atoms with Crippen LogP contribution in [0.25, 0.3) is 5.69 Å². The van der Waals surface area contributed by atoms with Crippen LogP contribution in [0.3, 0.4) is 0 Å². The van der Waals surface area contributed by atoms with E-state index >= 15 is 0 Å². The molecule has 25 heavy (non-hydrogen) atoms. The van der Waals surface area contributed by atoms with Crippen molar-refractivity contribution >= 4 is 17.9 Å². The largest absolute Gasteiger partial charge is 0.452 e. The Balaban J connectivity index is 1.78. The van der Waals surface area contributed by atoms with Crippen LogP contribution in [-0.4, -0.2) is 40.8 Å². The number of urea groups is 1. The summed E-state index contributed by atoms with van der Waals surface area (Å²) in [5, 5.41) is 8.71. The Morgan fingerprint density at radius 2 is 1.96 bits per heavy atom. The Morgan fingerprint density at radius 1 is 1.20 bits per heavy atom. The van der Waals surface area contributed by atoms with Gasteiger partial charge in [0.2, 0.25) is 0 Å². The second kappa shape index (κ2) is 9.21. The molecule has 0 fully saturated rings. The second-order valence-corrected chi connectivity index (χ2v) is 5.23. The van der Waals surface area contributed by atoms with Crippen molar-refractivity contribution in [3.8, 4) is 5.69 Å². The van der Waals surface area contributed by atoms with Crippen LogP contribution in [0.4, 0.5) is 4.79 Å². The van der Waals surface area contributed by atoms with Crippen LogP contribution in [0.1, 0.15) is 30.1 Å². The number of hydrogen-bond acceptors (Lipinski definition) is 5. The van der Waals surface area contributed by atoms with Crippen molar-refractivity contribution in [1.82, 2.24) is 20.4 Å². The fourth-order valence-electron chi connectivity index (χ4n) is 1.97. The number of unbranched alkanes of at least 4 members (excludes halogenated alkanes) is 1. The summed E-state index contributed by atoms with van der Waals surface area (Å²) >= 11 is 0. The topological polar surface area (TPSA) is 102 Å². The van der Waals surface area contributed by atoms with Crippen molar-refractivity contribution in [1.29, 1.82) is 0 Å². The molecule has 0 spiro atoms. The van der Waals surface area contributed by atoms with Crippen LogP contribution in [0, 0.1) is 0 Å². The highest BCUT2D eigenvalue weighted by molar-refractivity contribution is 5.97. The maximum atomic E-state index is 11.9. The molecule has 1 aromatic heterocycles. The summed E-state index contributed by atoms with van der Waals surface area (Å²) in [6.07, 6.45) is 5.19. The van der Waals surface area contributed by atoms with E-state index in [1.54, 1.807) is 47.4 Å². The fraction of sp³-hybridized carbons (Fsp3) is 0.294. The van der Waals surface area contributed by atoms with Crippen molar-refractivity contribution < 1.29 is 19.1 Å². The molecule has 1 aromatic carbocycles. The number of hydrogen-bond donors (Lipinski definition) is 2. The smallest absolute Gasteiger partial charge is 0.338 e. The standard InChI is InChI=1S/C17H20N4O4/c1-2-3-9-18-17(24)20-15(22)12-25-16(23)13-5-7-14(8-6-13)21-11-4-10-19-21/h4-8,10-11H,2-3,9,12H2,1H3,(H2,18,20,22,24). The minimum atomic E-state index is -0.685. The lowest BCUT2D eigenvalue weighted by atomic mass is 10.2. The van der Waals surface area contributed by atoms with E-state index in [-0.39, 0.29) is 0 Å². The molecule has 0 radical (unpaired) electrons. The Morgan fingerprint density at radius 3 is 2.60 bits per heavy atom. The summed E-state index contributed by atoms with van der Waals surface area (Å²) in [5.41, 5.74) is 1.10. The molecular formula is C17H20N4O4. The van der Waals surface area contributed by atoms with Crippen LogP contribution in [0.15, 0.2) is 42.7 Å². The molecule has 2 N–H and O–H groups in total. The van der Waals surface area contributed by atoms with Crippen molar-refractivity contribution in [2.45, 2.75) is 19.8 Å². The number of nitrogens with zero attached hydrogens (tertiary/aromatic N) is 2. The molecule has 2 aromatic rings. The minimum absolute atomic E-state index is 0.302. The molecule has 132 valence electrons. The van der Waals surface area contributed by atoms with E-state index in [9.17, 15) is 14.4 Å². The quantitative estimate of drug-likeness (QED) is 0.587. The summed E-state index contributed by atoms with van der Waals surface area (Å²) in [6, 6.07) is 7.77. The lowest BCUT2D eigenvalue weighted by Gasteiger charge is -2.07. The molecule has 0 bridgehead atoms. The first kappa shape index (κ1) is 18.2. The van der Waals surface area contributed by atoms with E-state index in [0.717, 1.165) is 18.5 Å². The number of imide groups is 1. The molecule has 0 unspecified atom stereocenters. The van der Waals surface area contributed by atoms with Crippen molar-refractivity contribution in [2.75, 3.05) is 13.2 Å². The molecule has 3 amide bonds. The number of benzene rings is 1. The highest BCUT2D eigenvalue weighted by atomic mass is 16.5. The number of amides is 3. The maximum absolute atomic E-state index is 11.9. The Bertz CT molecular complexity index is 711. The predicted molar refractivity (Wildman–Crippen MR) is 90.3 cm³/mol. The summed E-state index contributed by atoms with van der Waals surface area (Å²) < 4.78 is 6.55. The van der Waals surface area contributed by atoms with Crippen LogP contribution in [0.5, 0.6) is 0 Å². The first-order chi connectivity index (χ1) is 12.1. The Kier molecular flexibility index (Phi) is 6.70. The summed E-state index contributed by atoms with van der Waals surface area (Å²) in [6.45, 7) is 1.95. The molecule has 8 nitrogen and oxygen atoms in total. The van der Waals surface area contributed by atoms with E-state index in [1.807, 2.05) is 6.92 Å². The van der Waals surface area contributed by atoms with Gasteiger partial charge >= 0.3 is 12.0 Å². The van der Waals surface area contributed by atoms with Gasteiger partial charge in [-0.3, -0.25) is 10.1 Å². The van der Waals surface area contributed by atoms with E-state index in [2.05, 4.69) is 15.7 Å². The number of ether oxygens (including phenoxy) is 1. The van der Waals surface area contributed by atoms with Crippen LogP contribution < -0.4 is 10.6 Å². The van der Waals surface area contributed by atoms with Gasteiger partial charge in [-0.25, -0.2) is 14.3 Å². The summed E-state index contributed by atoms with van der Waals surface area (Å²) in [4.78, 5) is 34.9. The molecular weight excluding hydrogens is 324 g/mol. The van der Waals surface area contributed by atoms with E-state index in [4.69, 9.17) is 4.74 Å². The highest BCUT2D eigenvalue weighted by Crippen LogP contribution is 2.09. The van der Waals surface area contributed by atoms with E-state index < -0.39 is 24.5 Å². The molecule has 8 heteroatoms. The average Bonchev–Trinajstić information content (AvgIpc) is 3.14. The number of carbonyl (C=O) groups is 3. The van der Waals surface area contributed by atoms with Gasteiger partial charge in [0.15, 0.2) is 6.61 Å². The van der Waals surface area contributed by atoms with E-state index in [1.165, 1.54) is 0 Å². The number of carbonyl (C=O) groups excluding carboxylic acids is 3. The Labute approximate surface area is 145 Å². The zero-order chi connectivity index (χ0) is 18.1. The molecule has 0 saturated heterocycles. The van der Waals surface area contributed by atoms with Gasteiger partial charge in [0, 0.05) is 18.9 Å². The van der Waals surface area contributed by atoms with Crippen molar-refractivity contribution in [3.05, 3.63) is 48.3 Å². The van der Waals surface area contributed by atoms with Gasteiger partial charge < -0.3 is 10.1 Å². The third kappa shape index (κ3) is 5.76. The molecule has 0 atom stereocenters. The normalized spacial score (nSPS) is 10.1. The second-order valence-electron chi connectivity index (χ2n) is 5.23. The van der Waals surface area contributed by atoms with E-state index in [0.29, 0.717) is 12.1 Å². The number of aromatic nitrogens is 2. The van der Waals surface area contributed by atoms with Gasteiger partial charge in [0.05, 0.1) is 11.3 Å². The highest BCUT2D eigenvalue weighted by Gasteiger charge is 2.12. The number of nitrogens with one attached hydrogen (secondary N) is 2. The van der Waals surface area contributed by atoms with Gasteiger partial charge in [-0.15, -0.1) is 0 Å². The molecule has 0 aliphatic rings. The predicted octanol–water partition coefficient (Wildman–Crippen LogP) is 1.65. The SMILES string of the molecule is CCCCNC(=O)NC(=O)COC(=O)c1ccc(-n2cccn2)cc1. The third-order valence-electron chi connectivity index (χ3n) is 3.28. The van der Waals surface area contributed by atoms with Crippen LogP contribution >= 0.6 is 0 Å². The van der Waals surface area contributed by atoms with Crippen molar-refractivity contribution in [2.24, 2.45) is 0 Å². The fourth-order valence-corrected chi connectivity index (χ4v) is 1.97. The molecule has 1 heterocycles. The summed E-state index contributed by atoms with van der Waals surface area (Å²) in [7, 11) is 0. The molecule has 0 aliphatic heterocycles. The monoisotopic (exact) mass is 344 g/mol. The first-order valence-corrected chi connectivity index (χ1v) is 7.95. The zero-order valence-electron chi connectivity index (χ0n) is 13.9. The average molecular weight is 344 g/mol. The molecule has 2 rings (SSSR count). The number of rotatable bonds is 7. The lowest BCUT2D eigenvalue weighted by molar-refractivity contribution is -0.123. The minimum Gasteiger partial charge on any atom is -0.452 e. The first-order valence-electron chi connectivity index (χ1n) is 7.95.